The molecule has 0 aliphatic rings. The molecule has 0 amide bonds. The summed E-state index contributed by atoms with van der Waals surface area (Å²) in [6.45, 7) is 0. The molecule has 2 nitrogen and oxygen atoms in total. The zero-order valence-electron chi connectivity index (χ0n) is 10.6. The molecule has 0 fully saturated rings. The molecule has 0 aliphatic heterocycles. The van der Waals surface area contributed by atoms with Crippen LogP contribution in [0.15, 0.2) is 51.3 Å². The summed E-state index contributed by atoms with van der Waals surface area (Å²) in [5.74, 6) is -0.285. The van der Waals surface area contributed by atoms with E-state index < -0.39 is 9.73 Å². The van der Waals surface area contributed by atoms with E-state index in [1.165, 1.54) is 6.07 Å². The maximum atomic E-state index is 13.2. The lowest BCUT2D eigenvalue weighted by atomic mass is 10.1. The summed E-state index contributed by atoms with van der Waals surface area (Å²) in [6, 6.07) is 12.2. The first kappa shape index (κ1) is 14.2. The Morgan fingerprint density at radius 1 is 1.05 bits per heavy atom. The van der Waals surface area contributed by atoms with E-state index >= 15 is 0 Å². The smallest absolute Gasteiger partial charge is 0.137 e. The molecule has 2 rings (SSSR count). The van der Waals surface area contributed by atoms with E-state index in [-0.39, 0.29) is 5.82 Å². The van der Waals surface area contributed by atoms with Gasteiger partial charge in [0.15, 0.2) is 0 Å². The van der Waals surface area contributed by atoms with Crippen LogP contribution in [0.1, 0.15) is 0 Å². The highest BCUT2D eigenvalue weighted by molar-refractivity contribution is 9.10. The number of hydrogen-bond acceptors (Lipinski definition) is 2. The fraction of sp³-hybridized carbons (Fsp3) is 0.143. The van der Waals surface area contributed by atoms with Crippen LogP contribution in [0.4, 0.5) is 10.1 Å². The van der Waals surface area contributed by atoms with Crippen LogP contribution >= 0.6 is 15.9 Å². The molecule has 0 bridgehead atoms. The van der Waals surface area contributed by atoms with E-state index in [1.807, 2.05) is 12.1 Å². The topological polar surface area (TPSA) is 29.4 Å². The zero-order chi connectivity index (χ0) is 14.0. The molecular weight excluding hydrogens is 329 g/mol. The first-order valence-electron chi connectivity index (χ1n) is 5.58. The molecule has 100 valence electrons. The van der Waals surface area contributed by atoms with Crippen molar-refractivity contribution >= 4 is 31.3 Å². The largest absolute Gasteiger partial charge is 0.250 e. The molecule has 0 aliphatic carbocycles. The lowest BCUT2D eigenvalue weighted by Gasteiger charge is -2.04. The predicted octanol–water partition coefficient (Wildman–Crippen LogP) is 4.61. The average Bonchev–Trinajstić information content (AvgIpc) is 2.32. The van der Waals surface area contributed by atoms with Gasteiger partial charge in [-0.3, -0.25) is 0 Å². The second-order valence-corrected chi connectivity index (χ2v) is 7.85. The lowest BCUT2D eigenvalue weighted by Crippen LogP contribution is -1.88. The minimum Gasteiger partial charge on any atom is -0.250 e. The van der Waals surface area contributed by atoms with E-state index in [1.54, 1.807) is 36.8 Å². The molecule has 0 spiro atoms. The van der Waals surface area contributed by atoms with Crippen molar-refractivity contribution in [1.29, 1.82) is 0 Å². The van der Waals surface area contributed by atoms with Crippen molar-refractivity contribution in [2.24, 2.45) is 4.36 Å². The summed E-state index contributed by atoms with van der Waals surface area (Å²) < 4.78 is 29.3. The molecule has 0 aromatic heterocycles. The van der Waals surface area contributed by atoms with Gasteiger partial charge in [-0.15, -0.1) is 0 Å². The van der Waals surface area contributed by atoms with Gasteiger partial charge in [0.05, 0.1) is 10.2 Å². The van der Waals surface area contributed by atoms with Crippen LogP contribution in [-0.2, 0) is 9.73 Å². The molecule has 0 atom stereocenters. The standard InChI is InChI=1S/C14H13BrFNOS/c1-19(2,18)17-12-6-3-10(4-7-12)11-5-8-14(16)13(15)9-11/h3-9H,1-2H3. The molecule has 0 radical (unpaired) electrons. The van der Waals surface area contributed by atoms with Crippen LogP contribution in [0.5, 0.6) is 0 Å². The Kier molecular flexibility index (Phi) is 4.06. The van der Waals surface area contributed by atoms with Crippen LogP contribution in [0, 0.1) is 5.82 Å². The molecule has 19 heavy (non-hydrogen) atoms. The molecule has 2 aromatic carbocycles. The van der Waals surface area contributed by atoms with Crippen LogP contribution in [0.25, 0.3) is 11.1 Å². The Bertz CT molecular complexity index is 711. The van der Waals surface area contributed by atoms with E-state index in [9.17, 15) is 8.60 Å². The zero-order valence-corrected chi connectivity index (χ0v) is 13.0. The highest BCUT2D eigenvalue weighted by atomic mass is 79.9. The SMILES string of the molecule is CS(C)(=O)=Nc1ccc(-c2ccc(F)c(Br)c2)cc1. The van der Waals surface area contributed by atoms with Gasteiger partial charge in [0.1, 0.15) is 5.82 Å². The number of rotatable bonds is 2. The summed E-state index contributed by atoms with van der Waals surface area (Å²) in [4.78, 5) is 0. The second-order valence-electron chi connectivity index (χ2n) is 4.45. The van der Waals surface area contributed by atoms with Crippen molar-refractivity contribution in [1.82, 2.24) is 0 Å². The molecule has 5 heteroatoms. The van der Waals surface area contributed by atoms with Gasteiger partial charge in [-0.25, -0.2) is 8.60 Å². The molecule has 0 heterocycles. The fourth-order valence-electron chi connectivity index (χ4n) is 1.64. The van der Waals surface area contributed by atoms with Crippen molar-refractivity contribution < 1.29 is 8.60 Å². The van der Waals surface area contributed by atoms with E-state index in [0.29, 0.717) is 10.2 Å². The van der Waals surface area contributed by atoms with Crippen molar-refractivity contribution in [2.45, 2.75) is 0 Å². The van der Waals surface area contributed by atoms with Gasteiger partial charge in [-0.2, -0.15) is 4.36 Å². The average molecular weight is 342 g/mol. The molecule has 0 N–H and O–H groups in total. The van der Waals surface area contributed by atoms with Gasteiger partial charge < -0.3 is 0 Å². The van der Waals surface area contributed by atoms with Crippen LogP contribution in [-0.4, -0.2) is 16.7 Å². The highest BCUT2D eigenvalue weighted by Gasteiger charge is 2.03. The van der Waals surface area contributed by atoms with Gasteiger partial charge in [0, 0.05) is 22.2 Å². The van der Waals surface area contributed by atoms with Gasteiger partial charge >= 0.3 is 0 Å². The van der Waals surface area contributed by atoms with Crippen molar-refractivity contribution in [3.8, 4) is 11.1 Å². The highest BCUT2D eigenvalue weighted by Crippen LogP contribution is 2.27. The van der Waals surface area contributed by atoms with Gasteiger partial charge in [-0.05, 0) is 51.3 Å². The van der Waals surface area contributed by atoms with Gasteiger partial charge in [0.2, 0.25) is 0 Å². The Balaban J connectivity index is 2.38. The summed E-state index contributed by atoms with van der Waals surface area (Å²) in [5.41, 5.74) is 2.55. The third-order valence-corrected chi connectivity index (χ3v) is 3.70. The van der Waals surface area contributed by atoms with E-state index in [2.05, 4.69) is 20.3 Å². The Hall–Kier alpha value is -1.20. The van der Waals surface area contributed by atoms with Crippen molar-refractivity contribution in [3.63, 3.8) is 0 Å². The lowest BCUT2D eigenvalue weighted by molar-refractivity contribution is 0.621. The molecule has 2 aromatic rings. The van der Waals surface area contributed by atoms with E-state index in [4.69, 9.17) is 0 Å². The number of hydrogen-bond donors (Lipinski definition) is 0. The van der Waals surface area contributed by atoms with Crippen molar-refractivity contribution in [2.75, 3.05) is 12.5 Å². The number of halogens is 2. The minimum atomic E-state index is -2.15. The summed E-state index contributed by atoms with van der Waals surface area (Å²) in [5, 5.41) is 0. The normalized spacial score (nSPS) is 11.4. The van der Waals surface area contributed by atoms with Gasteiger partial charge in [0.25, 0.3) is 0 Å². The molecule has 0 unspecified atom stereocenters. The predicted molar refractivity (Wildman–Crippen MR) is 81.6 cm³/mol. The Morgan fingerprint density at radius 2 is 1.63 bits per heavy atom. The third-order valence-electron chi connectivity index (χ3n) is 2.45. The van der Waals surface area contributed by atoms with Crippen LogP contribution in [0.3, 0.4) is 0 Å². The van der Waals surface area contributed by atoms with Gasteiger partial charge in [-0.1, -0.05) is 18.2 Å². The maximum Gasteiger partial charge on any atom is 0.137 e. The minimum absolute atomic E-state index is 0.285. The van der Waals surface area contributed by atoms with E-state index in [0.717, 1.165) is 11.1 Å². The Morgan fingerprint density at radius 3 is 2.16 bits per heavy atom. The third kappa shape index (κ3) is 3.88. The monoisotopic (exact) mass is 341 g/mol. The molecule has 0 saturated carbocycles. The molecule has 0 saturated heterocycles. The van der Waals surface area contributed by atoms with Crippen LogP contribution < -0.4 is 0 Å². The summed E-state index contributed by atoms with van der Waals surface area (Å²) in [6.07, 6.45) is 3.19. The number of benzene rings is 2. The Labute approximate surface area is 121 Å². The first-order chi connectivity index (χ1) is 8.85. The summed E-state index contributed by atoms with van der Waals surface area (Å²) in [7, 11) is -2.15. The first-order valence-corrected chi connectivity index (χ1v) is 8.70. The summed E-state index contributed by atoms with van der Waals surface area (Å²) >= 11 is 3.17. The van der Waals surface area contributed by atoms with Crippen LogP contribution in [0.2, 0.25) is 0 Å². The fourth-order valence-corrected chi connectivity index (χ4v) is 2.65. The molecular formula is C14H13BrFNOS. The maximum absolute atomic E-state index is 13.2. The quantitative estimate of drug-likeness (QED) is 0.783. The number of nitrogens with zero attached hydrogens (tertiary/aromatic N) is 1. The second kappa shape index (κ2) is 5.43. The van der Waals surface area contributed by atoms with Crippen molar-refractivity contribution in [3.05, 3.63) is 52.8 Å².